The Morgan fingerprint density at radius 1 is 1.11 bits per heavy atom. The summed E-state index contributed by atoms with van der Waals surface area (Å²) in [5, 5.41) is 12.1. The Morgan fingerprint density at radius 2 is 1.89 bits per heavy atom. The smallest absolute Gasteiger partial charge is 0.0841 e. The summed E-state index contributed by atoms with van der Waals surface area (Å²) in [6.45, 7) is 3.55. The second-order valence-electron chi connectivity index (χ2n) is 4.98. The van der Waals surface area contributed by atoms with Crippen LogP contribution in [0.5, 0.6) is 0 Å². The van der Waals surface area contributed by atoms with E-state index in [9.17, 15) is 5.11 Å². The zero-order valence-corrected chi connectivity index (χ0v) is 11.6. The van der Waals surface area contributed by atoms with Crippen LogP contribution in [0.4, 0.5) is 0 Å². The van der Waals surface area contributed by atoms with Crippen LogP contribution in [0, 0.1) is 0 Å². The lowest BCUT2D eigenvalue weighted by Crippen LogP contribution is -2.15. The Labute approximate surface area is 115 Å². The predicted octanol–water partition coefficient (Wildman–Crippen LogP) is 3.59. The Balaban J connectivity index is 2.19. The molecule has 0 saturated carbocycles. The second kappa shape index (κ2) is 4.40. The molecule has 4 heteroatoms. The molecule has 0 atom stereocenters. The minimum Gasteiger partial charge on any atom is -0.386 e. The van der Waals surface area contributed by atoms with E-state index in [0.717, 1.165) is 27.0 Å². The first-order valence-electron chi connectivity index (χ1n) is 6.07. The van der Waals surface area contributed by atoms with Gasteiger partial charge in [-0.2, -0.15) is 0 Å². The molecule has 3 nitrogen and oxygen atoms in total. The summed E-state index contributed by atoms with van der Waals surface area (Å²) in [6.07, 6.45) is 3.53. The van der Waals surface area contributed by atoms with E-state index in [4.69, 9.17) is 0 Å². The third kappa shape index (κ3) is 2.25. The normalized spacial score (nSPS) is 11.9. The SMILES string of the molecule is CC(C)(O)c1ccnc(-c2ccnc3ccsc23)c1. The van der Waals surface area contributed by atoms with Gasteiger partial charge in [-0.1, -0.05) is 0 Å². The first kappa shape index (κ1) is 12.3. The van der Waals surface area contributed by atoms with E-state index >= 15 is 0 Å². The minimum absolute atomic E-state index is 0.860. The largest absolute Gasteiger partial charge is 0.386 e. The monoisotopic (exact) mass is 270 g/mol. The van der Waals surface area contributed by atoms with Gasteiger partial charge in [-0.25, -0.2) is 0 Å². The predicted molar refractivity (Wildman–Crippen MR) is 78.1 cm³/mol. The fraction of sp³-hybridized carbons (Fsp3) is 0.200. The van der Waals surface area contributed by atoms with Crippen LogP contribution >= 0.6 is 11.3 Å². The van der Waals surface area contributed by atoms with Crippen LogP contribution < -0.4 is 0 Å². The minimum atomic E-state index is -0.862. The summed E-state index contributed by atoms with van der Waals surface area (Å²) < 4.78 is 1.13. The van der Waals surface area contributed by atoms with Gasteiger partial charge in [0.05, 0.1) is 21.5 Å². The maximum Gasteiger partial charge on any atom is 0.0841 e. The Kier molecular flexibility index (Phi) is 2.84. The van der Waals surface area contributed by atoms with Gasteiger partial charge in [-0.15, -0.1) is 11.3 Å². The lowest BCUT2D eigenvalue weighted by molar-refractivity contribution is 0.0785. The first-order chi connectivity index (χ1) is 9.05. The van der Waals surface area contributed by atoms with Crippen LogP contribution in [0.1, 0.15) is 19.4 Å². The molecule has 3 aromatic heterocycles. The third-order valence-corrected chi connectivity index (χ3v) is 4.02. The van der Waals surface area contributed by atoms with Crippen molar-refractivity contribution < 1.29 is 5.11 Å². The molecule has 96 valence electrons. The van der Waals surface area contributed by atoms with Crippen molar-refractivity contribution in [1.82, 2.24) is 9.97 Å². The molecule has 3 rings (SSSR count). The molecule has 0 bridgehead atoms. The number of fused-ring (bicyclic) bond motifs is 1. The fourth-order valence-corrected chi connectivity index (χ4v) is 2.91. The highest BCUT2D eigenvalue weighted by Crippen LogP contribution is 2.31. The van der Waals surface area contributed by atoms with Gasteiger partial charge in [0.2, 0.25) is 0 Å². The van der Waals surface area contributed by atoms with Crippen molar-refractivity contribution in [3.05, 3.63) is 47.6 Å². The zero-order valence-electron chi connectivity index (χ0n) is 10.8. The van der Waals surface area contributed by atoms with E-state index in [1.54, 1.807) is 37.6 Å². The van der Waals surface area contributed by atoms with E-state index in [-0.39, 0.29) is 0 Å². The van der Waals surface area contributed by atoms with E-state index < -0.39 is 5.60 Å². The molecule has 0 aliphatic carbocycles. The van der Waals surface area contributed by atoms with E-state index in [0.29, 0.717) is 0 Å². The average molecular weight is 270 g/mol. The average Bonchev–Trinajstić information content (AvgIpc) is 2.86. The fourth-order valence-electron chi connectivity index (χ4n) is 2.03. The molecule has 0 spiro atoms. The van der Waals surface area contributed by atoms with Gasteiger partial charge in [0.1, 0.15) is 0 Å². The maximum absolute atomic E-state index is 10.1. The molecule has 0 amide bonds. The number of pyridine rings is 2. The number of hydrogen-bond acceptors (Lipinski definition) is 4. The summed E-state index contributed by atoms with van der Waals surface area (Å²) in [6, 6.07) is 7.75. The molecule has 0 aliphatic heterocycles. The highest BCUT2D eigenvalue weighted by molar-refractivity contribution is 7.17. The molecule has 0 unspecified atom stereocenters. The van der Waals surface area contributed by atoms with Crippen molar-refractivity contribution in [2.75, 3.05) is 0 Å². The van der Waals surface area contributed by atoms with Crippen molar-refractivity contribution in [3.8, 4) is 11.3 Å². The molecule has 0 radical (unpaired) electrons. The summed E-state index contributed by atoms with van der Waals surface area (Å²) in [5.41, 5.74) is 2.91. The molecule has 19 heavy (non-hydrogen) atoms. The van der Waals surface area contributed by atoms with Gasteiger partial charge in [-0.05, 0) is 49.1 Å². The lowest BCUT2D eigenvalue weighted by atomic mass is 9.97. The number of aliphatic hydroxyl groups is 1. The number of thiophene rings is 1. The van der Waals surface area contributed by atoms with Gasteiger partial charge in [0.25, 0.3) is 0 Å². The molecule has 1 N–H and O–H groups in total. The summed E-state index contributed by atoms with van der Waals surface area (Å²) in [7, 11) is 0. The van der Waals surface area contributed by atoms with Crippen LogP contribution in [0.2, 0.25) is 0 Å². The molecule has 3 heterocycles. The summed E-state index contributed by atoms with van der Waals surface area (Å²) >= 11 is 1.66. The number of aromatic nitrogens is 2. The Hall–Kier alpha value is -1.78. The Morgan fingerprint density at radius 3 is 2.68 bits per heavy atom. The summed E-state index contributed by atoms with van der Waals surface area (Å²) in [4.78, 5) is 8.75. The van der Waals surface area contributed by atoms with E-state index in [2.05, 4.69) is 9.97 Å². The van der Waals surface area contributed by atoms with Gasteiger partial charge in [-0.3, -0.25) is 9.97 Å². The molecule has 0 fully saturated rings. The van der Waals surface area contributed by atoms with E-state index in [1.807, 2.05) is 29.6 Å². The topological polar surface area (TPSA) is 46.0 Å². The summed E-state index contributed by atoms with van der Waals surface area (Å²) in [5.74, 6) is 0. The van der Waals surface area contributed by atoms with Crippen molar-refractivity contribution in [1.29, 1.82) is 0 Å². The van der Waals surface area contributed by atoms with Gasteiger partial charge in [0.15, 0.2) is 0 Å². The highest BCUT2D eigenvalue weighted by Gasteiger charge is 2.17. The van der Waals surface area contributed by atoms with Crippen LogP contribution in [0.25, 0.3) is 21.5 Å². The number of rotatable bonds is 2. The van der Waals surface area contributed by atoms with E-state index in [1.165, 1.54) is 0 Å². The molecule has 0 aliphatic rings. The highest BCUT2D eigenvalue weighted by atomic mass is 32.1. The molecule has 0 saturated heterocycles. The van der Waals surface area contributed by atoms with Gasteiger partial charge >= 0.3 is 0 Å². The van der Waals surface area contributed by atoms with Gasteiger partial charge < -0.3 is 5.11 Å². The van der Waals surface area contributed by atoms with Crippen molar-refractivity contribution >= 4 is 21.6 Å². The number of hydrogen-bond donors (Lipinski definition) is 1. The lowest BCUT2D eigenvalue weighted by Gasteiger charge is -2.18. The third-order valence-electron chi connectivity index (χ3n) is 3.09. The van der Waals surface area contributed by atoms with Crippen LogP contribution in [0.3, 0.4) is 0 Å². The van der Waals surface area contributed by atoms with Crippen molar-refractivity contribution in [2.45, 2.75) is 19.4 Å². The van der Waals surface area contributed by atoms with Crippen LogP contribution in [0.15, 0.2) is 42.0 Å². The Bertz CT molecular complexity index is 728. The quantitative estimate of drug-likeness (QED) is 0.774. The second-order valence-corrected chi connectivity index (χ2v) is 5.90. The molecule has 3 aromatic rings. The van der Waals surface area contributed by atoms with Crippen molar-refractivity contribution in [2.24, 2.45) is 0 Å². The van der Waals surface area contributed by atoms with Gasteiger partial charge in [0, 0.05) is 18.0 Å². The maximum atomic E-state index is 10.1. The van der Waals surface area contributed by atoms with Crippen LogP contribution in [-0.4, -0.2) is 15.1 Å². The molecule has 0 aromatic carbocycles. The van der Waals surface area contributed by atoms with Crippen LogP contribution in [-0.2, 0) is 5.60 Å². The standard InChI is InChI=1S/C15H14N2OS/c1-15(2,18)10-3-6-17-13(9-10)11-4-7-16-12-5-8-19-14(11)12/h3-9,18H,1-2H3. The van der Waals surface area contributed by atoms with Crippen molar-refractivity contribution in [3.63, 3.8) is 0 Å². The molecular weight excluding hydrogens is 256 g/mol. The molecular formula is C15H14N2OS. The first-order valence-corrected chi connectivity index (χ1v) is 6.95. The zero-order chi connectivity index (χ0) is 13.5. The number of nitrogens with zero attached hydrogens (tertiary/aromatic N) is 2.